The summed E-state index contributed by atoms with van der Waals surface area (Å²) in [6, 6.07) is 6.60. The normalized spacial score (nSPS) is 9.90. The molecule has 1 aromatic carbocycles. The standard InChI is InChI=1S/C15H18O6/c16-11-12-5-7-13(8-6-12)20-9-10-21-15(19)4-2-1-3-14(17)18/h5-8,11H,1-4,9-10H2,(H,17,18). The molecule has 0 spiro atoms. The van der Waals surface area contributed by atoms with Gasteiger partial charge >= 0.3 is 11.9 Å². The Hall–Kier alpha value is -2.37. The lowest BCUT2D eigenvalue weighted by Gasteiger charge is -2.07. The van der Waals surface area contributed by atoms with Gasteiger partial charge in [0.05, 0.1) is 0 Å². The number of carboxylic acid groups (broad SMARTS) is 1. The van der Waals surface area contributed by atoms with E-state index in [1.807, 2.05) is 0 Å². The van der Waals surface area contributed by atoms with Gasteiger partial charge in [0.25, 0.3) is 0 Å². The van der Waals surface area contributed by atoms with Crippen molar-refractivity contribution in [2.45, 2.75) is 25.7 Å². The molecular formula is C15H18O6. The summed E-state index contributed by atoms with van der Waals surface area (Å²) in [7, 11) is 0. The number of ether oxygens (including phenoxy) is 2. The number of carbonyl (C=O) groups excluding carboxylic acids is 2. The third-order valence-electron chi connectivity index (χ3n) is 2.65. The van der Waals surface area contributed by atoms with E-state index in [0.29, 0.717) is 24.2 Å². The van der Waals surface area contributed by atoms with Crippen LogP contribution in [0.25, 0.3) is 0 Å². The van der Waals surface area contributed by atoms with Crippen molar-refractivity contribution in [1.29, 1.82) is 0 Å². The van der Waals surface area contributed by atoms with Gasteiger partial charge in [0.15, 0.2) is 0 Å². The number of carbonyl (C=O) groups is 3. The van der Waals surface area contributed by atoms with Gasteiger partial charge in [-0.05, 0) is 37.1 Å². The predicted molar refractivity (Wildman–Crippen MR) is 74.4 cm³/mol. The van der Waals surface area contributed by atoms with Crippen LogP contribution in [0.5, 0.6) is 5.75 Å². The van der Waals surface area contributed by atoms with Crippen LogP contribution >= 0.6 is 0 Å². The molecule has 1 rings (SSSR count). The minimum atomic E-state index is -0.864. The summed E-state index contributed by atoms with van der Waals surface area (Å²) in [5.41, 5.74) is 0.565. The molecule has 114 valence electrons. The van der Waals surface area contributed by atoms with Crippen LogP contribution in [0.2, 0.25) is 0 Å². The highest BCUT2D eigenvalue weighted by molar-refractivity contribution is 5.74. The van der Waals surface area contributed by atoms with Crippen LogP contribution in [-0.2, 0) is 14.3 Å². The summed E-state index contributed by atoms with van der Waals surface area (Å²) in [6.45, 7) is 0.356. The maximum atomic E-state index is 11.3. The molecule has 0 heterocycles. The van der Waals surface area contributed by atoms with E-state index in [2.05, 4.69) is 0 Å². The molecule has 0 radical (unpaired) electrons. The molecule has 0 atom stereocenters. The average Bonchev–Trinajstić information content (AvgIpc) is 2.48. The maximum Gasteiger partial charge on any atom is 0.305 e. The Labute approximate surface area is 122 Å². The SMILES string of the molecule is O=Cc1ccc(OCCOC(=O)CCCCC(=O)O)cc1. The van der Waals surface area contributed by atoms with Crippen molar-refractivity contribution in [2.75, 3.05) is 13.2 Å². The van der Waals surface area contributed by atoms with Gasteiger partial charge in [-0.3, -0.25) is 14.4 Å². The molecule has 0 aromatic heterocycles. The molecule has 0 bridgehead atoms. The lowest BCUT2D eigenvalue weighted by Crippen LogP contribution is -2.12. The molecule has 21 heavy (non-hydrogen) atoms. The van der Waals surface area contributed by atoms with Crippen LogP contribution < -0.4 is 4.74 Å². The van der Waals surface area contributed by atoms with E-state index in [9.17, 15) is 14.4 Å². The molecule has 0 fully saturated rings. The number of hydrogen-bond donors (Lipinski definition) is 1. The lowest BCUT2D eigenvalue weighted by atomic mass is 10.2. The minimum Gasteiger partial charge on any atom is -0.490 e. The molecule has 0 saturated carbocycles. The number of rotatable bonds is 10. The first-order chi connectivity index (χ1) is 10.1. The Morgan fingerprint density at radius 1 is 1.05 bits per heavy atom. The number of unbranched alkanes of at least 4 members (excludes halogenated alkanes) is 1. The predicted octanol–water partition coefficient (Wildman–Crippen LogP) is 2.07. The summed E-state index contributed by atoms with van der Waals surface area (Å²) in [6.07, 6.45) is 1.98. The number of hydrogen-bond acceptors (Lipinski definition) is 5. The first-order valence-corrected chi connectivity index (χ1v) is 6.67. The molecule has 0 saturated heterocycles. The van der Waals surface area contributed by atoms with Crippen LogP contribution in [0.3, 0.4) is 0 Å². The number of aliphatic carboxylic acids is 1. The fourth-order valence-corrected chi connectivity index (χ4v) is 1.58. The third-order valence-corrected chi connectivity index (χ3v) is 2.65. The second kappa shape index (κ2) is 9.52. The summed E-state index contributed by atoms with van der Waals surface area (Å²) in [4.78, 5) is 32.1. The highest BCUT2D eigenvalue weighted by Gasteiger charge is 2.04. The van der Waals surface area contributed by atoms with Crippen molar-refractivity contribution in [2.24, 2.45) is 0 Å². The van der Waals surface area contributed by atoms with Gasteiger partial charge in [0.1, 0.15) is 25.2 Å². The van der Waals surface area contributed by atoms with Gasteiger partial charge in [-0.1, -0.05) is 0 Å². The number of aldehydes is 1. The summed E-state index contributed by atoms with van der Waals surface area (Å²) >= 11 is 0. The van der Waals surface area contributed by atoms with Crippen LogP contribution in [0.1, 0.15) is 36.0 Å². The topological polar surface area (TPSA) is 89.9 Å². The van der Waals surface area contributed by atoms with Gasteiger partial charge in [-0.2, -0.15) is 0 Å². The van der Waals surface area contributed by atoms with Gasteiger partial charge < -0.3 is 14.6 Å². The zero-order valence-corrected chi connectivity index (χ0v) is 11.6. The zero-order chi connectivity index (χ0) is 15.5. The van der Waals surface area contributed by atoms with E-state index in [4.69, 9.17) is 14.6 Å². The van der Waals surface area contributed by atoms with Crippen molar-refractivity contribution in [3.8, 4) is 5.75 Å². The van der Waals surface area contributed by atoms with E-state index in [1.54, 1.807) is 24.3 Å². The van der Waals surface area contributed by atoms with Crippen molar-refractivity contribution < 1.29 is 29.0 Å². The molecule has 0 aliphatic heterocycles. The number of benzene rings is 1. The molecule has 0 aliphatic carbocycles. The third kappa shape index (κ3) is 7.71. The molecule has 6 nitrogen and oxygen atoms in total. The summed E-state index contributed by atoms with van der Waals surface area (Å²) in [5.74, 6) is -0.629. The Kier molecular flexibility index (Phi) is 7.56. The van der Waals surface area contributed by atoms with Crippen LogP contribution in [0.4, 0.5) is 0 Å². The van der Waals surface area contributed by atoms with E-state index < -0.39 is 5.97 Å². The molecule has 0 amide bonds. The van der Waals surface area contributed by atoms with Gasteiger partial charge in [-0.25, -0.2) is 0 Å². The Morgan fingerprint density at radius 3 is 2.33 bits per heavy atom. The van der Waals surface area contributed by atoms with Crippen molar-refractivity contribution in [3.63, 3.8) is 0 Å². The highest BCUT2D eigenvalue weighted by Crippen LogP contribution is 2.10. The number of esters is 1. The summed E-state index contributed by atoms with van der Waals surface area (Å²) in [5, 5.41) is 8.44. The van der Waals surface area contributed by atoms with Crippen LogP contribution in [0.15, 0.2) is 24.3 Å². The van der Waals surface area contributed by atoms with E-state index >= 15 is 0 Å². The van der Waals surface area contributed by atoms with Gasteiger partial charge in [-0.15, -0.1) is 0 Å². The zero-order valence-electron chi connectivity index (χ0n) is 11.6. The van der Waals surface area contributed by atoms with E-state index in [1.165, 1.54) is 0 Å². The van der Waals surface area contributed by atoms with Crippen LogP contribution in [-0.4, -0.2) is 36.5 Å². The molecule has 0 aliphatic rings. The van der Waals surface area contributed by atoms with Gasteiger partial charge in [0, 0.05) is 18.4 Å². The van der Waals surface area contributed by atoms with Crippen molar-refractivity contribution in [3.05, 3.63) is 29.8 Å². The average molecular weight is 294 g/mol. The van der Waals surface area contributed by atoms with Crippen molar-refractivity contribution in [1.82, 2.24) is 0 Å². The number of carboxylic acids is 1. The second-order valence-corrected chi connectivity index (χ2v) is 4.36. The van der Waals surface area contributed by atoms with E-state index in [-0.39, 0.29) is 32.0 Å². The summed E-state index contributed by atoms with van der Waals surface area (Å²) < 4.78 is 10.3. The Bertz CT molecular complexity index is 466. The molecule has 1 N–H and O–H groups in total. The molecule has 6 heteroatoms. The van der Waals surface area contributed by atoms with E-state index in [0.717, 1.165) is 6.29 Å². The van der Waals surface area contributed by atoms with Gasteiger partial charge in [0.2, 0.25) is 0 Å². The van der Waals surface area contributed by atoms with Crippen molar-refractivity contribution >= 4 is 18.2 Å². The lowest BCUT2D eigenvalue weighted by molar-refractivity contribution is -0.145. The monoisotopic (exact) mass is 294 g/mol. The Morgan fingerprint density at radius 2 is 1.71 bits per heavy atom. The smallest absolute Gasteiger partial charge is 0.305 e. The fourth-order valence-electron chi connectivity index (χ4n) is 1.58. The second-order valence-electron chi connectivity index (χ2n) is 4.36. The molecule has 0 unspecified atom stereocenters. The van der Waals surface area contributed by atoms with Crippen LogP contribution in [0, 0.1) is 0 Å². The highest BCUT2D eigenvalue weighted by atomic mass is 16.6. The first kappa shape index (κ1) is 16.7. The maximum absolute atomic E-state index is 11.3. The fraction of sp³-hybridized carbons (Fsp3) is 0.400. The largest absolute Gasteiger partial charge is 0.490 e. The molecular weight excluding hydrogens is 276 g/mol. The Balaban J connectivity index is 2.08. The molecule has 1 aromatic rings. The first-order valence-electron chi connectivity index (χ1n) is 6.67. The minimum absolute atomic E-state index is 0.0627. The quantitative estimate of drug-likeness (QED) is 0.403.